The highest BCUT2D eigenvalue weighted by Gasteiger charge is 2.40. The summed E-state index contributed by atoms with van der Waals surface area (Å²) in [5.41, 5.74) is -0.561. The van der Waals surface area contributed by atoms with Crippen molar-refractivity contribution in [2.24, 2.45) is 0 Å². The summed E-state index contributed by atoms with van der Waals surface area (Å²) in [5.74, 6) is 0. The van der Waals surface area contributed by atoms with Crippen molar-refractivity contribution in [3.8, 4) is 0 Å². The third-order valence-corrected chi connectivity index (χ3v) is 1.78. The summed E-state index contributed by atoms with van der Waals surface area (Å²) in [6.07, 6.45) is 1.99. The van der Waals surface area contributed by atoms with Crippen LogP contribution in [0.1, 0.15) is 26.7 Å². The summed E-state index contributed by atoms with van der Waals surface area (Å²) >= 11 is 0. The Balaban J connectivity index is 2.30. The maximum absolute atomic E-state index is 9.53. The fourth-order valence-corrected chi connectivity index (χ4v) is 1.07. The van der Waals surface area contributed by atoms with E-state index in [0.717, 1.165) is 19.4 Å². The Morgan fingerprint density at radius 3 is 2.67 bits per heavy atom. The Morgan fingerprint density at radius 2 is 2.33 bits per heavy atom. The Kier molecular flexibility index (Phi) is 1.78. The molecular formula is C7H14O2. The van der Waals surface area contributed by atoms with Crippen LogP contribution in [-0.2, 0) is 4.74 Å². The molecular weight excluding hydrogens is 116 g/mol. The predicted octanol–water partition coefficient (Wildman–Crippen LogP) is 0.936. The van der Waals surface area contributed by atoms with E-state index in [0.29, 0.717) is 0 Å². The summed E-state index contributed by atoms with van der Waals surface area (Å²) in [7, 11) is 0. The van der Waals surface area contributed by atoms with Crippen LogP contribution in [0.15, 0.2) is 0 Å². The molecule has 1 heterocycles. The lowest BCUT2D eigenvalue weighted by Crippen LogP contribution is -2.30. The zero-order chi connectivity index (χ0) is 6.91. The van der Waals surface area contributed by atoms with Crippen LogP contribution < -0.4 is 0 Å². The van der Waals surface area contributed by atoms with Crippen molar-refractivity contribution in [2.45, 2.75) is 38.4 Å². The highest BCUT2D eigenvalue weighted by Crippen LogP contribution is 2.27. The molecule has 0 bridgehead atoms. The molecule has 2 heteroatoms. The van der Waals surface area contributed by atoms with Gasteiger partial charge in [-0.25, -0.2) is 0 Å². The lowest BCUT2D eigenvalue weighted by Gasteiger charge is -2.18. The molecule has 0 aromatic carbocycles. The summed E-state index contributed by atoms with van der Waals surface area (Å²) in [6, 6.07) is 0. The minimum absolute atomic E-state index is 0.123. The monoisotopic (exact) mass is 130 g/mol. The Bertz CT molecular complexity index is 95.1. The average Bonchev–Trinajstić information content (AvgIpc) is 2.41. The highest BCUT2D eigenvalue weighted by molar-refractivity contribution is 4.89. The number of hydrogen-bond acceptors (Lipinski definition) is 2. The van der Waals surface area contributed by atoms with Gasteiger partial charge in [0.25, 0.3) is 0 Å². The first kappa shape index (κ1) is 7.03. The van der Waals surface area contributed by atoms with E-state index in [1.807, 2.05) is 6.92 Å². The van der Waals surface area contributed by atoms with Gasteiger partial charge in [-0.2, -0.15) is 0 Å². The minimum atomic E-state index is -0.561. The van der Waals surface area contributed by atoms with Gasteiger partial charge in [0.2, 0.25) is 0 Å². The van der Waals surface area contributed by atoms with E-state index < -0.39 is 5.60 Å². The molecule has 54 valence electrons. The second-order valence-electron chi connectivity index (χ2n) is 2.93. The fraction of sp³-hybridized carbons (Fsp3) is 1.00. The first-order valence-electron chi connectivity index (χ1n) is 3.51. The van der Waals surface area contributed by atoms with E-state index in [-0.39, 0.29) is 6.10 Å². The molecule has 1 fully saturated rings. The van der Waals surface area contributed by atoms with Gasteiger partial charge in [0.15, 0.2) is 0 Å². The Hall–Kier alpha value is -0.0800. The van der Waals surface area contributed by atoms with E-state index in [9.17, 15) is 5.11 Å². The van der Waals surface area contributed by atoms with Crippen LogP contribution in [-0.4, -0.2) is 23.4 Å². The normalized spacial score (nSPS) is 31.7. The molecule has 0 saturated carbocycles. The van der Waals surface area contributed by atoms with Crippen LogP contribution in [0.4, 0.5) is 0 Å². The third kappa shape index (κ3) is 1.66. The van der Waals surface area contributed by atoms with Crippen LogP contribution in [0.2, 0.25) is 0 Å². The van der Waals surface area contributed by atoms with E-state index in [2.05, 4.69) is 6.92 Å². The smallest absolute Gasteiger partial charge is 0.109 e. The van der Waals surface area contributed by atoms with Gasteiger partial charge >= 0.3 is 0 Å². The van der Waals surface area contributed by atoms with Crippen LogP contribution in [0, 0.1) is 0 Å². The van der Waals surface area contributed by atoms with Gasteiger partial charge in [-0.15, -0.1) is 0 Å². The quantitative estimate of drug-likeness (QED) is 0.576. The molecule has 2 nitrogen and oxygen atoms in total. The van der Waals surface area contributed by atoms with Crippen molar-refractivity contribution in [1.82, 2.24) is 0 Å². The number of ether oxygens (including phenoxy) is 1. The van der Waals surface area contributed by atoms with Crippen molar-refractivity contribution < 1.29 is 9.84 Å². The average molecular weight is 130 g/mol. The molecule has 0 radical (unpaired) electrons. The molecule has 1 aliphatic rings. The van der Waals surface area contributed by atoms with Crippen LogP contribution in [0.3, 0.4) is 0 Å². The van der Waals surface area contributed by atoms with E-state index in [4.69, 9.17) is 4.74 Å². The number of hydrogen-bond donors (Lipinski definition) is 1. The van der Waals surface area contributed by atoms with Crippen molar-refractivity contribution in [3.05, 3.63) is 0 Å². The molecule has 0 spiro atoms. The lowest BCUT2D eigenvalue weighted by atomic mass is 9.97. The standard InChI is InChI=1S/C7H14O2/c1-3-4-7(2,8)6-5-9-6/h6,8H,3-5H2,1-2H3. The number of rotatable bonds is 3. The van der Waals surface area contributed by atoms with Gasteiger partial charge in [0.1, 0.15) is 6.10 Å². The molecule has 1 N–H and O–H groups in total. The van der Waals surface area contributed by atoms with Crippen molar-refractivity contribution >= 4 is 0 Å². The molecule has 1 saturated heterocycles. The van der Waals surface area contributed by atoms with Gasteiger partial charge in [0, 0.05) is 0 Å². The maximum Gasteiger partial charge on any atom is 0.109 e. The molecule has 9 heavy (non-hydrogen) atoms. The highest BCUT2D eigenvalue weighted by atomic mass is 16.6. The lowest BCUT2D eigenvalue weighted by molar-refractivity contribution is 0.0210. The molecule has 1 aliphatic heterocycles. The molecule has 2 unspecified atom stereocenters. The van der Waals surface area contributed by atoms with Gasteiger partial charge in [0.05, 0.1) is 12.2 Å². The van der Waals surface area contributed by atoms with Crippen molar-refractivity contribution in [3.63, 3.8) is 0 Å². The predicted molar refractivity (Wildman–Crippen MR) is 35.3 cm³/mol. The second kappa shape index (κ2) is 2.27. The third-order valence-electron chi connectivity index (χ3n) is 1.78. The Morgan fingerprint density at radius 1 is 1.78 bits per heavy atom. The van der Waals surface area contributed by atoms with Crippen LogP contribution >= 0.6 is 0 Å². The summed E-state index contributed by atoms with van der Waals surface area (Å²) < 4.78 is 4.98. The topological polar surface area (TPSA) is 32.8 Å². The molecule has 2 atom stereocenters. The van der Waals surface area contributed by atoms with Gasteiger partial charge in [-0.3, -0.25) is 0 Å². The van der Waals surface area contributed by atoms with E-state index in [1.54, 1.807) is 0 Å². The first-order valence-corrected chi connectivity index (χ1v) is 3.51. The summed E-state index contributed by atoms with van der Waals surface area (Å²) in [6.45, 7) is 4.65. The van der Waals surface area contributed by atoms with Crippen molar-refractivity contribution in [2.75, 3.05) is 6.61 Å². The van der Waals surface area contributed by atoms with Crippen molar-refractivity contribution in [1.29, 1.82) is 0 Å². The summed E-state index contributed by atoms with van der Waals surface area (Å²) in [4.78, 5) is 0. The molecule has 1 rings (SSSR count). The Labute approximate surface area is 55.8 Å². The first-order chi connectivity index (χ1) is 4.17. The van der Waals surface area contributed by atoms with Gasteiger partial charge < -0.3 is 9.84 Å². The van der Waals surface area contributed by atoms with Gasteiger partial charge in [-0.1, -0.05) is 13.3 Å². The number of epoxide rings is 1. The zero-order valence-electron chi connectivity index (χ0n) is 6.05. The maximum atomic E-state index is 9.53. The van der Waals surface area contributed by atoms with Crippen LogP contribution in [0.5, 0.6) is 0 Å². The molecule has 0 aromatic rings. The summed E-state index contributed by atoms with van der Waals surface area (Å²) in [5, 5.41) is 9.53. The van der Waals surface area contributed by atoms with E-state index >= 15 is 0 Å². The SMILES string of the molecule is CCCC(C)(O)C1CO1. The number of aliphatic hydroxyl groups is 1. The van der Waals surface area contributed by atoms with Gasteiger partial charge in [-0.05, 0) is 13.3 Å². The molecule has 0 aliphatic carbocycles. The molecule has 0 aromatic heterocycles. The molecule has 0 amide bonds. The largest absolute Gasteiger partial charge is 0.387 e. The fourth-order valence-electron chi connectivity index (χ4n) is 1.07. The minimum Gasteiger partial charge on any atom is -0.387 e. The van der Waals surface area contributed by atoms with E-state index in [1.165, 1.54) is 0 Å². The zero-order valence-corrected chi connectivity index (χ0v) is 6.05. The van der Waals surface area contributed by atoms with Crippen LogP contribution in [0.25, 0.3) is 0 Å². The second-order valence-corrected chi connectivity index (χ2v) is 2.93.